The third-order valence-corrected chi connectivity index (χ3v) is 21.1. The molecule has 22 nitrogen and oxygen atoms in total. The van der Waals surface area contributed by atoms with Crippen molar-refractivity contribution in [1.82, 2.24) is 30.1 Å². The Labute approximate surface area is 577 Å². The number of carbonyl (C=O) groups excluding carboxylic acids is 7. The van der Waals surface area contributed by atoms with E-state index in [2.05, 4.69) is 29.5 Å². The minimum Gasteiger partial charge on any atom is -0.493 e. The summed E-state index contributed by atoms with van der Waals surface area (Å²) < 4.78 is 31.8. The van der Waals surface area contributed by atoms with Crippen LogP contribution >= 0.6 is 0 Å². The minimum absolute atomic E-state index is 0.000405. The summed E-state index contributed by atoms with van der Waals surface area (Å²) in [5.74, 6) is -0.461. The van der Waals surface area contributed by atoms with Crippen molar-refractivity contribution >= 4 is 64.6 Å². The van der Waals surface area contributed by atoms with E-state index in [-0.39, 0.29) is 120 Å². The number of rotatable bonds is 26. The number of hydrogen-bond donors (Lipinski definition) is 2. The molecule has 5 amide bonds. The van der Waals surface area contributed by atoms with E-state index in [0.29, 0.717) is 97.1 Å². The second-order valence-corrected chi connectivity index (χ2v) is 28.8. The van der Waals surface area contributed by atoms with Gasteiger partial charge < -0.3 is 48.8 Å². The number of ether oxygens (including phenoxy) is 5. The van der Waals surface area contributed by atoms with Gasteiger partial charge in [-0.2, -0.15) is 0 Å². The molecule has 0 radical (unpaired) electrons. The lowest BCUT2D eigenvalue weighted by Gasteiger charge is -2.31. The molecule has 2 aliphatic carbocycles. The number of amides is 5. The number of nitrogens with zero attached hydrogens (tertiary/aromatic N) is 8. The zero-order valence-electron chi connectivity index (χ0n) is 57.6. The maximum atomic E-state index is 14.5. The molecule has 7 aliphatic rings. The van der Waals surface area contributed by atoms with E-state index in [1.807, 2.05) is 78.2 Å². The number of aromatic nitrogens is 3. The number of aliphatic hydroxyl groups excluding tert-OH is 1. The first kappa shape index (κ1) is 68.1. The van der Waals surface area contributed by atoms with Crippen molar-refractivity contribution < 1.29 is 62.4 Å². The maximum Gasteiger partial charge on any atom is 0.416 e. The van der Waals surface area contributed by atoms with Crippen molar-refractivity contribution in [3.8, 4) is 45.5 Å². The Balaban J connectivity index is 0.580. The molecule has 4 fully saturated rings. The highest BCUT2D eigenvalue weighted by atomic mass is 16.6. The number of benzene rings is 5. The number of Topliss-reactive ketones (excluding diaryl/α,β-unsaturated/α-hetero) is 2. The van der Waals surface area contributed by atoms with Crippen molar-refractivity contribution in [3.05, 3.63) is 125 Å². The Kier molecular flexibility index (Phi) is 19.6. The van der Waals surface area contributed by atoms with Gasteiger partial charge >= 0.3 is 6.09 Å². The van der Waals surface area contributed by atoms with Crippen molar-refractivity contribution in [1.29, 1.82) is 0 Å². The van der Waals surface area contributed by atoms with Gasteiger partial charge in [0, 0.05) is 80.2 Å². The SMILES string of the molecule is COc1cc2c(cc1OCCCCCOc1cc3c(cc1OC)C(=O)N1CC4(CC4)C[C@H]1[C@H](O)N3C(=O)OCc1ccc(CC(=O)[C@H](C)NC(=O)[C@@H](CC(=O)CCCCC(=O)N3Cc4ccccc4-c4c(nnn4C(C)C)-c4ccccc43)C(C)C)cc1)N=C[C@@H]1CC3(CC3)CN1C2=O. The highest BCUT2D eigenvalue weighted by Gasteiger charge is 2.58. The number of unbranched alkanes of at least 4 members (excludes halogenated alkanes) is 3. The fraction of sp³-hybridized carbons (Fsp3) is 0.481. The number of fused-ring (bicyclic) bond motifs is 9. The third kappa shape index (κ3) is 14.1. The Morgan fingerprint density at radius 3 is 2.01 bits per heavy atom. The molecule has 6 heterocycles. The van der Waals surface area contributed by atoms with Crippen LogP contribution in [0.1, 0.15) is 168 Å². The summed E-state index contributed by atoms with van der Waals surface area (Å²) in [6.45, 7) is 11.5. The van der Waals surface area contributed by atoms with Crippen LogP contribution in [0.5, 0.6) is 23.0 Å². The average molecular weight is 1350 g/mol. The topological polar surface area (TPSA) is 254 Å². The lowest BCUT2D eigenvalue weighted by molar-refractivity contribution is -0.133. The maximum absolute atomic E-state index is 14.5. The average Bonchev–Trinajstić information content (AvgIpc) is 1.60. The Hall–Kier alpha value is -9.44. The molecular formula is C77H89N9O13. The molecule has 5 aromatic carbocycles. The number of anilines is 2. The summed E-state index contributed by atoms with van der Waals surface area (Å²) in [7, 11) is 3.04. The van der Waals surface area contributed by atoms with Crippen LogP contribution < -0.4 is 34.1 Å². The van der Waals surface area contributed by atoms with Crippen LogP contribution in [0.25, 0.3) is 22.5 Å². The molecule has 2 saturated carbocycles. The van der Waals surface area contributed by atoms with Crippen LogP contribution in [0.15, 0.2) is 102 Å². The van der Waals surface area contributed by atoms with Crippen LogP contribution in [0.2, 0.25) is 0 Å². The summed E-state index contributed by atoms with van der Waals surface area (Å²) in [6, 6.07) is 27.9. The molecule has 0 unspecified atom stereocenters. The number of ketones is 2. The molecule has 1 aromatic heterocycles. The number of aliphatic hydroxyl groups is 1. The van der Waals surface area contributed by atoms with Gasteiger partial charge in [-0.15, -0.1) is 5.10 Å². The molecule has 99 heavy (non-hydrogen) atoms. The first-order chi connectivity index (χ1) is 47.7. The van der Waals surface area contributed by atoms with Gasteiger partial charge in [0.15, 0.2) is 35.0 Å². The van der Waals surface area contributed by atoms with Gasteiger partial charge in [0.25, 0.3) is 11.8 Å². The fourth-order valence-electron chi connectivity index (χ4n) is 14.9. The van der Waals surface area contributed by atoms with E-state index >= 15 is 0 Å². The first-order valence-corrected chi connectivity index (χ1v) is 35.1. The molecule has 2 saturated heterocycles. The number of hydrogen-bond acceptors (Lipinski definition) is 16. The number of aliphatic imine (C=N–C) groups is 1. The zero-order valence-corrected chi connectivity index (χ0v) is 57.6. The number of nitrogens with one attached hydrogen (secondary N) is 1. The van der Waals surface area contributed by atoms with Crippen molar-refractivity contribution in [3.63, 3.8) is 0 Å². The van der Waals surface area contributed by atoms with Gasteiger partial charge in [0.05, 0.1) is 86.0 Å². The van der Waals surface area contributed by atoms with Crippen molar-refractivity contribution in [2.75, 3.05) is 50.3 Å². The summed E-state index contributed by atoms with van der Waals surface area (Å²) >= 11 is 0. The summed E-state index contributed by atoms with van der Waals surface area (Å²) in [4.78, 5) is 109. The quantitative estimate of drug-likeness (QED) is 0.0479. The van der Waals surface area contributed by atoms with Gasteiger partial charge in [0.1, 0.15) is 18.1 Å². The summed E-state index contributed by atoms with van der Waals surface area (Å²) in [5, 5.41) is 24.2. The first-order valence-electron chi connectivity index (χ1n) is 35.1. The van der Waals surface area contributed by atoms with Gasteiger partial charge in [-0.25, -0.2) is 14.4 Å². The lowest BCUT2D eigenvalue weighted by atomic mass is 9.88. The number of para-hydroxylation sites is 1. The second-order valence-electron chi connectivity index (χ2n) is 28.8. The van der Waals surface area contributed by atoms with Gasteiger partial charge in [0.2, 0.25) is 11.8 Å². The number of carbonyl (C=O) groups is 7. The Morgan fingerprint density at radius 1 is 0.677 bits per heavy atom. The summed E-state index contributed by atoms with van der Waals surface area (Å²) in [5.41, 5.74) is 7.94. The monoisotopic (exact) mass is 1350 g/mol. The molecule has 2 spiro atoms. The van der Waals surface area contributed by atoms with Crippen LogP contribution in [0.3, 0.4) is 0 Å². The van der Waals surface area contributed by atoms with E-state index in [1.165, 1.54) is 7.11 Å². The molecular weight excluding hydrogens is 1260 g/mol. The van der Waals surface area contributed by atoms with E-state index in [4.69, 9.17) is 28.7 Å². The van der Waals surface area contributed by atoms with E-state index in [9.17, 15) is 38.7 Å². The molecule has 0 bridgehead atoms. The molecule has 5 aliphatic heterocycles. The normalized spacial score (nSPS) is 19.3. The van der Waals surface area contributed by atoms with Crippen molar-refractivity contribution in [2.24, 2.45) is 27.7 Å². The van der Waals surface area contributed by atoms with Crippen LogP contribution in [-0.4, -0.2) is 142 Å². The standard InChI is InChI=1S/C77H89N9O13/c1-46(2)56(34-53(87)18-10-14-22-68(89)82-42-51-17-9-11-19-54(51)70-69(80-81-86(70)47(3)4)55-20-12-13-21-60(55)82)71(90)79-48(5)63(88)33-49-23-25-50(26-24-49)43-99-75(94)85-61-38-67(65(96-7)36-58(61)73(92)84-45-77(29-30-77)40-62(84)74(85)93)98-32-16-8-15-31-97-66-37-59-57(35-64(66)95-6)72(91)83-44-76(27-28-76)39-52(83)41-78-59/h9,11-13,17,19-21,23-26,35-38,41,46-48,52,56,62,74,93H,8,10,14-16,18,22,27-34,39-40,42-45H2,1-7H3,(H,79,90)/t48-,52-,56-,62-,74-/m0/s1. The van der Waals surface area contributed by atoms with E-state index < -0.39 is 30.3 Å². The highest BCUT2D eigenvalue weighted by Crippen LogP contribution is 2.58. The van der Waals surface area contributed by atoms with Gasteiger partial charge in [-0.1, -0.05) is 85.8 Å². The predicted octanol–water partition coefficient (Wildman–Crippen LogP) is 12.0. The van der Waals surface area contributed by atoms with Crippen LogP contribution in [0.4, 0.5) is 21.9 Å². The smallest absolute Gasteiger partial charge is 0.416 e. The Bertz CT molecular complexity index is 4140. The molecule has 13 rings (SSSR count). The van der Waals surface area contributed by atoms with Crippen molar-refractivity contribution in [2.45, 2.75) is 174 Å². The van der Waals surface area contributed by atoms with E-state index in [1.54, 1.807) is 72.4 Å². The van der Waals surface area contributed by atoms with Crippen LogP contribution in [0, 0.1) is 22.7 Å². The van der Waals surface area contributed by atoms with E-state index in [0.717, 1.165) is 78.0 Å². The fourth-order valence-corrected chi connectivity index (χ4v) is 14.9. The molecule has 6 aromatic rings. The predicted molar refractivity (Wildman–Crippen MR) is 372 cm³/mol. The van der Waals surface area contributed by atoms with Crippen LogP contribution in [-0.2, 0) is 43.5 Å². The second kappa shape index (κ2) is 28.4. The largest absolute Gasteiger partial charge is 0.493 e. The highest BCUT2D eigenvalue weighted by molar-refractivity contribution is 6.07. The minimum atomic E-state index is -1.44. The Morgan fingerprint density at radius 2 is 1.31 bits per heavy atom. The molecule has 5 atom stereocenters. The molecule has 22 heteroatoms. The zero-order chi connectivity index (χ0) is 69.4. The molecule has 520 valence electrons. The van der Waals surface area contributed by atoms with Gasteiger partial charge in [-0.05, 0) is 143 Å². The van der Waals surface area contributed by atoms with Gasteiger partial charge in [-0.3, -0.25) is 33.8 Å². The molecule has 2 N–H and O–H groups in total. The third-order valence-electron chi connectivity index (χ3n) is 21.1. The summed E-state index contributed by atoms with van der Waals surface area (Å²) in [6.07, 6.45) is 8.60. The lowest BCUT2D eigenvalue weighted by Crippen LogP contribution is -2.50. The number of methoxy groups -OCH3 is 2.